The van der Waals surface area contributed by atoms with E-state index in [-0.39, 0.29) is 17.4 Å². The number of hydrogen-bond donors (Lipinski definition) is 1. The summed E-state index contributed by atoms with van der Waals surface area (Å²) >= 11 is 4.31. The van der Waals surface area contributed by atoms with Crippen LogP contribution in [0.25, 0.3) is 0 Å². The Balaban J connectivity index is 2.28. The van der Waals surface area contributed by atoms with Gasteiger partial charge in [-0.15, -0.1) is 0 Å². The molecule has 1 fully saturated rings. The number of rotatable bonds is 7. The molecular formula is C11H21NO3S. The molecule has 1 aliphatic rings. The van der Waals surface area contributed by atoms with Gasteiger partial charge >= 0.3 is 0 Å². The molecule has 0 spiro atoms. The van der Waals surface area contributed by atoms with E-state index in [4.69, 9.17) is 9.47 Å². The van der Waals surface area contributed by atoms with E-state index < -0.39 is 0 Å². The maximum Gasteiger partial charge on any atom is 0.223 e. The highest BCUT2D eigenvalue weighted by Gasteiger charge is 2.27. The van der Waals surface area contributed by atoms with Crippen LogP contribution in [0, 0.1) is 0 Å². The molecule has 0 aromatic rings. The van der Waals surface area contributed by atoms with Crippen LogP contribution in [0.5, 0.6) is 0 Å². The highest BCUT2D eigenvalue weighted by Crippen LogP contribution is 2.16. The van der Waals surface area contributed by atoms with Crippen LogP contribution in [0.2, 0.25) is 0 Å². The summed E-state index contributed by atoms with van der Waals surface area (Å²) in [6.07, 6.45) is 1.09. The Morgan fingerprint density at radius 1 is 1.44 bits per heavy atom. The maximum atomic E-state index is 11.5. The van der Waals surface area contributed by atoms with Crippen LogP contribution in [-0.2, 0) is 14.3 Å². The number of hydrogen-bond acceptors (Lipinski definition) is 4. The Labute approximate surface area is 103 Å². The SMILES string of the molecule is CCOC(CCN1CC(S)CC1=O)OCC. The molecule has 1 rings (SSSR count). The van der Waals surface area contributed by atoms with E-state index in [2.05, 4.69) is 12.6 Å². The highest BCUT2D eigenvalue weighted by atomic mass is 32.1. The molecule has 0 aliphatic carbocycles. The smallest absolute Gasteiger partial charge is 0.223 e. The molecule has 1 heterocycles. The number of likely N-dealkylation sites (tertiary alicyclic amines) is 1. The number of carbonyl (C=O) groups is 1. The zero-order valence-electron chi connectivity index (χ0n) is 10.0. The fourth-order valence-corrected chi connectivity index (χ4v) is 2.17. The minimum atomic E-state index is -0.193. The van der Waals surface area contributed by atoms with E-state index >= 15 is 0 Å². The first-order valence-electron chi connectivity index (χ1n) is 5.86. The molecule has 0 N–H and O–H groups in total. The van der Waals surface area contributed by atoms with Gasteiger partial charge in [-0.2, -0.15) is 12.6 Å². The van der Waals surface area contributed by atoms with E-state index in [1.165, 1.54) is 0 Å². The van der Waals surface area contributed by atoms with Crippen LogP contribution < -0.4 is 0 Å². The summed E-state index contributed by atoms with van der Waals surface area (Å²) in [6.45, 7) is 6.59. The second-order valence-corrected chi connectivity index (χ2v) is 4.56. The Kier molecular flexibility index (Phi) is 6.16. The van der Waals surface area contributed by atoms with Gasteiger partial charge in [0.15, 0.2) is 6.29 Å². The molecule has 0 bridgehead atoms. The summed E-state index contributed by atoms with van der Waals surface area (Å²) in [6, 6.07) is 0. The second kappa shape index (κ2) is 7.14. The van der Waals surface area contributed by atoms with Gasteiger partial charge in [0.2, 0.25) is 5.91 Å². The van der Waals surface area contributed by atoms with Crippen LogP contribution in [-0.4, -0.2) is 48.7 Å². The standard InChI is InChI=1S/C11H21NO3S/c1-3-14-11(15-4-2)5-6-12-8-9(16)7-10(12)13/h9,11,16H,3-8H2,1-2H3. The van der Waals surface area contributed by atoms with E-state index in [9.17, 15) is 4.79 Å². The van der Waals surface area contributed by atoms with Crippen LogP contribution in [0.3, 0.4) is 0 Å². The topological polar surface area (TPSA) is 38.8 Å². The first-order valence-corrected chi connectivity index (χ1v) is 6.38. The summed E-state index contributed by atoms with van der Waals surface area (Å²) in [5, 5.41) is 0.185. The molecule has 1 amide bonds. The van der Waals surface area contributed by atoms with E-state index in [1.54, 1.807) is 0 Å². The summed E-state index contributed by atoms with van der Waals surface area (Å²) in [5.41, 5.74) is 0. The average molecular weight is 247 g/mol. The third-order valence-corrected chi connectivity index (χ3v) is 2.88. The lowest BCUT2D eigenvalue weighted by Crippen LogP contribution is -2.30. The van der Waals surface area contributed by atoms with E-state index in [0.29, 0.717) is 26.2 Å². The summed E-state index contributed by atoms with van der Waals surface area (Å²) in [7, 11) is 0. The Morgan fingerprint density at radius 2 is 2.06 bits per heavy atom. The van der Waals surface area contributed by atoms with Crippen molar-refractivity contribution in [2.75, 3.05) is 26.3 Å². The molecule has 1 aliphatic heterocycles. The zero-order chi connectivity index (χ0) is 12.0. The minimum absolute atomic E-state index is 0.185. The van der Waals surface area contributed by atoms with Crippen molar-refractivity contribution >= 4 is 18.5 Å². The predicted octanol–water partition coefficient (Wildman–Crippen LogP) is 1.31. The monoisotopic (exact) mass is 247 g/mol. The number of carbonyl (C=O) groups excluding carboxylic acids is 1. The van der Waals surface area contributed by atoms with Gasteiger partial charge in [-0.1, -0.05) is 0 Å². The first kappa shape index (κ1) is 13.8. The van der Waals surface area contributed by atoms with Crippen LogP contribution in [0.4, 0.5) is 0 Å². The molecule has 1 unspecified atom stereocenters. The number of amides is 1. The van der Waals surface area contributed by atoms with Gasteiger partial charge in [-0.25, -0.2) is 0 Å². The molecule has 94 valence electrons. The van der Waals surface area contributed by atoms with E-state index in [0.717, 1.165) is 13.0 Å². The van der Waals surface area contributed by atoms with Crippen LogP contribution in [0.15, 0.2) is 0 Å². The normalized spacial score (nSPS) is 21.1. The molecule has 1 atom stereocenters. The van der Waals surface area contributed by atoms with Crippen molar-refractivity contribution in [1.29, 1.82) is 0 Å². The molecule has 1 saturated heterocycles. The van der Waals surface area contributed by atoms with Gasteiger partial charge in [0.25, 0.3) is 0 Å². The zero-order valence-corrected chi connectivity index (χ0v) is 10.9. The lowest BCUT2D eigenvalue weighted by Gasteiger charge is -2.21. The van der Waals surface area contributed by atoms with Crippen LogP contribution >= 0.6 is 12.6 Å². The summed E-state index contributed by atoms with van der Waals surface area (Å²) in [4.78, 5) is 13.3. The van der Waals surface area contributed by atoms with Crippen molar-refractivity contribution in [3.63, 3.8) is 0 Å². The largest absolute Gasteiger partial charge is 0.353 e. The molecule has 4 nitrogen and oxygen atoms in total. The van der Waals surface area contributed by atoms with Gasteiger partial charge in [0.1, 0.15) is 0 Å². The molecular weight excluding hydrogens is 226 g/mol. The average Bonchev–Trinajstić information content (AvgIpc) is 2.54. The lowest BCUT2D eigenvalue weighted by atomic mass is 10.3. The molecule has 0 saturated carbocycles. The van der Waals surface area contributed by atoms with Crippen LogP contribution in [0.1, 0.15) is 26.7 Å². The first-order chi connectivity index (χ1) is 7.67. The molecule has 0 aromatic carbocycles. The summed E-state index contributed by atoms with van der Waals surface area (Å²) in [5.74, 6) is 0.187. The highest BCUT2D eigenvalue weighted by molar-refractivity contribution is 7.81. The van der Waals surface area contributed by atoms with Crippen molar-refractivity contribution in [2.24, 2.45) is 0 Å². The Hall–Kier alpha value is -0.260. The Bertz CT molecular complexity index is 219. The van der Waals surface area contributed by atoms with Crippen molar-refractivity contribution in [1.82, 2.24) is 4.90 Å². The molecule has 0 radical (unpaired) electrons. The van der Waals surface area contributed by atoms with Gasteiger partial charge in [0, 0.05) is 44.4 Å². The third kappa shape index (κ3) is 4.31. The number of nitrogens with zero attached hydrogens (tertiary/aromatic N) is 1. The Morgan fingerprint density at radius 3 is 2.50 bits per heavy atom. The van der Waals surface area contributed by atoms with Crippen molar-refractivity contribution in [3.8, 4) is 0 Å². The van der Waals surface area contributed by atoms with Crippen molar-refractivity contribution in [2.45, 2.75) is 38.2 Å². The van der Waals surface area contributed by atoms with Gasteiger partial charge in [-0.05, 0) is 13.8 Å². The summed E-state index contributed by atoms with van der Waals surface area (Å²) < 4.78 is 10.8. The minimum Gasteiger partial charge on any atom is -0.353 e. The van der Waals surface area contributed by atoms with Crippen molar-refractivity contribution < 1.29 is 14.3 Å². The second-order valence-electron chi connectivity index (χ2n) is 3.83. The molecule has 0 aromatic heterocycles. The maximum absolute atomic E-state index is 11.5. The fraction of sp³-hybridized carbons (Fsp3) is 0.909. The molecule has 16 heavy (non-hydrogen) atoms. The number of ether oxygens (including phenoxy) is 2. The quantitative estimate of drug-likeness (QED) is 0.544. The number of thiol groups is 1. The van der Waals surface area contributed by atoms with Gasteiger partial charge in [-0.3, -0.25) is 4.79 Å². The van der Waals surface area contributed by atoms with Gasteiger partial charge in [0.05, 0.1) is 0 Å². The van der Waals surface area contributed by atoms with Gasteiger partial charge < -0.3 is 14.4 Å². The fourth-order valence-electron chi connectivity index (χ4n) is 1.82. The van der Waals surface area contributed by atoms with E-state index in [1.807, 2.05) is 18.7 Å². The lowest BCUT2D eigenvalue weighted by molar-refractivity contribution is -0.144. The van der Waals surface area contributed by atoms with Crippen molar-refractivity contribution in [3.05, 3.63) is 0 Å². The third-order valence-electron chi connectivity index (χ3n) is 2.53. The predicted molar refractivity (Wildman–Crippen MR) is 65.6 cm³/mol. The molecule has 5 heteroatoms.